The summed E-state index contributed by atoms with van der Waals surface area (Å²) in [6, 6.07) is 0. The molecule has 0 heterocycles. The summed E-state index contributed by atoms with van der Waals surface area (Å²) in [6.45, 7) is 4.23. The first-order valence-electron chi connectivity index (χ1n) is 34.5. The van der Waals surface area contributed by atoms with Crippen LogP contribution in [0.25, 0.3) is 0 Å². The molecule has 468 valence electrons. The lowest BCUT2D eigenvalue weighted by Crippen LogP contribution is -2.37. The summed E-state index contributed by atoms with van der Waals surface area (Å²) in [4.78, 5) is 37.8. The van der Waals surface area contributed by atoms with Gasteiger partial charge in [-0.15, -0.1) is 0 Å². The first-order valence-corrected chi connectivity index (χ1v) is 36.0. The van der Waals surface area contributed by atoms with Crippen LogP contribution in [0.15, 0.2) is 24.3 Å². The van der Waals surface area contributed by atoms with Crippen LogP contribution in [0.5, 0.6) is 0 Å². The number of unbranched alkanes of at least 4 members (excludes halogenated alkanes) is 47. The van der Waals surface area contributed by atoms with E-state index in [9.17, 15) is 19.0 Å². The predicted molar refractivity (Wildman–Crippen MR) is 338 cm³/mol. The molecule has 0 aliphatic heterocycles. The number of carbonyl (C=O) groups is 2. The maximum atomic E-state index is 12.8. The van der Waals surface area contributed by atoms with Gasteiger partial charge >= 0.3 is 11.9 Å². The molecule has 2 unspecified atom stereocenters. The zero-order valence-corrected chi connectivity index (χ0v) is 54.2. The monoisotopic (exact) mass is 1140 g/mol. The van der Waals surface area contributed by atoms with Crippen LogP contribution in [0.3, 0.4) is 0 Å². The molecule has 0 aromatic heterocycles. The van der Waals surface area contributed by atoms with E-state index in [4.69, 9.17) is 18.5 Å². The highest BCUT2D eigenvalue weighted by molar-refractivity contribution is 7.45. The lowest BCUT2D eigenvalue weighted by molar-refractivity contribution is -0.870. The molecule has 0 rings (SSSR count). The number of allylic oxidation sites excluding steroid dienone is 4. The third-order valence-corrected chi connectivity index (χ3v) is 16.7. The fraction of sp³-hybridized carbons (Fsp3) is 0.913. The van der Waals surface area contributed by atoms with E-state index in [1.54, 1.807) is 0 Å². The number of hydrogen-bond donors (Lipinski definition) is 0. The minimum absolute atomic E-state index is 0.0315. The molecule has 2 atom stereocenters. The van der Waals surface area contributed by atoms with Crippen molar-refractivity contribution in [3.63, 3.8) is 0 Å². The molecule has 0 saturated heterocycles. The van der Waals surface area contributed by atoms with Gasteiger partial charge in [-0.25, -0.2) is 0 Å². The highest BCUT2D eigenvalue weighted by atomic mass is 31.2. The van der Waals surface area contributed by atoms with Gasteiger partial charge in [-0.05, 0) is 38.5 Å². The second kappa shape index (κ2) is 61.1. The van der Waals surface area contributed by atoms with E-state index in [0.717, 1.165) is 64.2 Å². The number of carbonyl (C=O) groups excluding carboxylic acids is 2. The minimum Gasteiger partial charge on any atom is -0.756 e. The van der Waals surface area contributed by atoms with Gasteiger partial charge in [0.1, 0.15) is 19.8 Å². The van der Waals surface area contributed by atoms with Crippen LogP contribution < -0.4 is 4.89 Å². The molecule has 0 radical (unpaired) electrons. The lowest BCUT2D eigenvalue weighted by atomic mass is 10.0. The summed E-state index contributed by atoms with van der Waals surface area (Å²) in [7, 11) is 1.17. The standard InChI is InChI=1S/C69H134NO8P/c1-6-8-10-12-14-16-18-20-22-23-24-25-26-27-28-29-30-31-32-33-34-35-36-37-38-39-40-41-42-43-44-45-46-47-48-50-51-53-55-57-59-61-68(71)75-65-67(66-77-79(73,74)76-64-63-70(3,4)5)78-69(72)62-60-58-56-54-52-49-21-19-17-15-13-11-9-7-2/h13,15,19,21,67H,6-12,14,16-18,20,22-66H2,1-5H3/b15-13-,21-19-. The van der Waals surface area contributed by atoms with E-state index >= 15 is 0 Å². The van der Waals surface area contributed by atoms with Gasteiger partial charge in [0, 0.05) is 12.8 Å². The van der Waals surface area contributed by atoms with Crippen molar-refractivity contribution < 1.29 is 42.1 Å². The fourth-order valence-electron chi connectivity index (χ4n) is 10.4. The van der Waals surface area contributed by atoms with E-state index in [2.05, 4.69) is 38.2 Å². The number of phosphoric acid groups is 1. The van der Waals surface area contributed by atoms with Crippen LogP contribution in [-0.2, 0) is 32.7 Å². The predicted octanol–water partition coefficient (Wildman–Crippen LogP) is 21.5. The van der Waals surface area contributed by atoms with Crippen molar-refractivity contribution in [1.29, 1.82) is 0 Å². The Balaban J connectivity index is 3.79. The Kier molecular flexibility index (Phi) is 59.9. The summed E-state index contributed by atoms with van der Waals surface area (Å²) in [5, 5.41) is 0. The molecular weight excluding hydrogens is 1000 g/mol. The first-order chi connectivity index (χ1) is 38.5. The first kappa shape index (κ1) is 77.5. The Morgan fingerprint density at radius 2 is 0.696 bits per heavy atom. The molecule has 0 aromatic carbocycles. The molecule has 0 aliphatic rings. The summed E-state index contributed by atoms with van der Waals surface area (Å²) >= 11 is 0. The number of hydrogen-bond acceptors (Lipinski definition) is 8. The highest BCUT2D eigenvalue weighted by Crippen LogP contribution is 2.38. The van der Waals surface area contributed by atoms with Gasteiger partial charge in [0.2, 0.25) is 0 Å². The Labute approximate surface area is 491 Å². The van der Waals surface area contributed by atoms with Gasteiger partial charge in [0.15, 0.2) is 6.10 Å². The third kappa shape index (κ3) is 65.5. The van der Waals surface area contributed by atoms with Crippen molar-refractivity contribution in [3.05, 3.63) is 24.3 Å². The van der Waals surface area contributed by atoms with E-state index < -0.39 is 26.5 Å². The molecule has 0 spiro atoms. The summed E-state index contributed by atoms with van der Waals surface area (Å²) < 4.78 is 34.2. The van der Waals surface area contributed by atoms with E-state index in [-0.39, 0.29) is 32.0 Å². The maximum Gasteiger partial charge on any atom is 0.306 e. The van der Waals surface area contributed by atoms with Gasteiger partial charge < -0.3 is 27.9 Å². The molecule has 0 aliphatic carbocycles. The number of nitrogens with zero attached hydrogens (tertiary/aromatic N) is 1. The van der Waals surface area contributed by atoms with Crippen LogP contribution in [0, 0.1) is 0 Å². The maximum absolute atomic E-state index is 12.8. The highest BCUT2D eigenvalue weighted by Gasteiger charge is 2.22. The van der Waals surface area contributed by atoms with Crippen molar-refractivity contribution in [2.24, 2.45) is 0 Å². The summed E-state index contributed by atoms with van der Waals surface area (Å²) in [5.41, 5.74) is 0. The van der Waals surface area contributed by atoms with Crippen LogP contribution in [0.2, 0.25) is 0 Å². The smallest absolute Gasteiger partial charge is 0.306 e. The Morgan fingerprint density at radius 1 is 0.392 bits per heavy atom. The normalized spacial score (nSPS) is 13.2. The number of likely N-dealkylation sites (N-methyl/N-ethyl adjacent to an activating group) is 1. The average molecular weight is 1140 g/mol. The van der Waals surface area contributed by atoms with Crippen LogP contribution in [0.1, 0.15) is 354 Å². The van der Waals surface area contributed by atoms with Crippen molar-refractivity contribution in [2.75, 3.05) is 47.5 Å². The van der Waals surface area contributed by atoms with Gasteiger partial charge in [0.05, 0.1) is 27.7 Å². The van der Waals surface area contributed by atoms with Crippen LogP contribution >= 0.6 is 7.82 Å². The second-order valence-corrected chi connectivity index (χ2v) is 26.3. The second-order valence-electron chi connectivity index (χ2n) is 24.9. The Bertz CT molecular complexity index is 1380. The van der Waals surface area contributed by atoms with Crippen molar-refractivity contribution in [2.45, 2.75) is 360 Å². The quantitative estimate of drug-likeness (QED) is 0.0195. The summed E-state index contributed by atoms with van der Waals surface area (Å²) in [5.74, 6) is -0.834. The number of ether oxygens (including phenoxy) is 2. The molecule has 0 N–H and O–H groups in total. The minimum atomic E-state index is -4.64. The average Bonchev–Trinajstić information content (AvgIpc) is 3.41. The van der Waals surface area contributed by atoms with Crippen molar-refractivity contribution >= 4 is 19.8 Å². The molecule has 79 heavy (non-hydrogen) atoms. The van der Waals surface area contributed by atoms with Gasteiger partial charge in [-0.2, -0.15) is 0 Å². The SMILES string of the molecule is CCCC/C=C\C/C=C\CCCCCCCC(=O)OC(COC(=O)CCCCCCCCCCCCCCCCCCCCCCCCCCCCCCCCCCCCCCCCCCC)COP(=O)([O-])OCC[N+](C)(C)C. The van der Waals surface area contributed by atoms with Gasteiger partial charge in [-0.1, -0.05) is 327 Å². The van der Waals surface area contributed by atoms with Gasteiger partial charge in [0.25, 0.3) is 7.82 Å². The number of esters is 2. The molecule has 0 bridgehead atoms. The molecule has 0 fully saturated rings. The number of phosphoric ester groups is 1. The molecule has 9 nitrogen and oxygen atoms in total. The van der Waals surface area contributed by atoms with Crippen molar-refractivity contribution in [1.82, 2.24) is 0 Å². The van der Waals surface area contributed by atoms with Crippen molar-refractivity contribution in [3.8, 4) is 0 Å². The fourth-order valence-corrected chi connectivity index (χ4v) is 11.1. The van der Waals surface area contributed by atoms with Crippen LogP contribution in [0.4, 0.5) is 0 Å². The zero-order valence-electron chi connectivity index (χ0n) is 53.4. The van der Waals surface area contributed by atoms with E-state index in [1.165, 1.54) is 257 Å². The molecule has 0 amide bonds. The number of rotatable bonds is 65. The van der Waals surface area contributed by atoms with Crippen LogP contribution in [-0.4, -0.2) is 70.0 Å². The van der Waals surface area contributed by atoms with E-state index in [1.807, 2.05) is 21.1 Å². The largest absolute Gasteiger partial charge is 0.756 e. The Hall–Kier alpha value is -1.51. The molecule has 0 aromatic rings. The molecule has 10 heteroatoms. The number of quaternary nitrogens is 1. The Morgan fingerprint density at radius 3 is 1.04 bits per heavy atom. The zero-order chi connectivity index (χ0) is 57.7. The van der Waals surface area contributed by atoms with E-state index in [0.29, 0.717) is 17.4 Å². The lowest BCUT2D eigenvalue weighted by Gasteiger charge is -2.28. The third-order valence-electron chi connectivity index (χ3n) is 15.7. The molecule has 0 saturated carbocycles. The summed E-state index contributed by atoms with van der Waals surface area (Å²) in [6.07, 6.45) is 75.9. The topological polar surface area (TPSA) is 111 Å². The van der Waals surface area contributed by atoms with Gasteiger partial charge in [-0.3, -0.25) is 14.2 Å². The molecular formula is C69H134NO8P.